The van der Waals surface area contributed by atoms with Crippen molar-refractivity contribution >= 4 is 22.2 Å². The van der Waals surface area contributed by atoms with E-state index in [2.05, 4.69) is 56.6 Å². The van der Waals surface area contributed by atoms with Gasteiger partial charge < -0.3 is 10.2 Å². The zero-order valence-corrected chi connectivity index (χ0v) is 15.5. The number of rotatable bonds is 2. The maximum atomic E-state index is 4.80. The number of benzene rings is 1. The van der Waals surface area contributed by atoms with Crippen LogP contribution in [0, 0.1) is 13.8 Å². The predicted molar refractivity (Wildman–Crippen MR) is 106 cm³/mol. The van der Waals surface area contributed by atoms with E-state index in [1.54, 1.807) is 0 Å². The molecule has 7 nitrogen and oxygen atoms in total. The Labute approximate surface area is 157 Å². The number of fused-ring (bicyclic) bond motifs is 2. The minimum absolute atomic E-state index is 0.901. The van der Waals surface area contributed by atoms with Crippen molar-refractivity contribution in [3.05, 3.63) is 47.9 Å². The molecule has 0 unspecified atom stereocenters. The summed E-state index contributed by atoms with van der Waals surface area (Å²) in [4.78, 5) is 6.85. The van der Waals surface area contributed by atoms with E-state index >= 15 is 0 Å². The molecule has 1 aliphatic heterocycles. The summed E-state index contributed by atoms with van der Waals surface area (Å²) in [5.41, 5.74) is 4.96. The van der Waals surface area contributed by atoms with Crippen molar-refractivity contribution in [3.8, 4) is 11.3 Å². The molecule has 136 valence electrons. The van der Waals surface area contributed by atoms with Crippen LogP contribution >= 0.6 is 0 Å². The minimum atomic E-state index is 0.901. The van der Waals surface area contributed by atoms with Crippen molar-refractivity contribution in [2.75, 3.05) is 31.1 Å². The summed E-state index contributed by atoms with van der Waals surface area (Å²) < 4.78 is 1.87. The van der Waals surface area contributed by atoms with Crippen molar-refractivity contribution in [2.45, 2.75) is 13.8 Å². The zero-order valence-electron chi connectivity index (χ0n) is 15.5. The first kappa shape index (κ1) is 16.1. The van der Waals surface area contributed by atoms with Gasteiger partial charge >= 0.3 is 0 Å². The lowest BCUT2D eigenvalue weighted by Crippen LogP contribution is -2.44. The zero-order chi connectivity index (χ0) is 18.4. The SMILES string of the molecule is Cc1cn2nc(-c3cccc4c(N5CCNCC5)nncc34)cc(C)c2n1. The van der Waals surface area contributed by atoms with E-state index in [-0.39, 0.29) is 0 Å². The topological polar surface area (TPSA) is 71.2 Å². The second kappa shape index (κ2) is 6.28. The van der Waals surface area contributed by atoms with E-state index in [4.69, 9.17) is 5.10 Å². The number of nitrogens with zero attached hydrogens (tertiary/aromatic N) is 6. The largest absolute Gasteiger partial charge is 0.352 e. The first-order valence-corrected chi connectivity index (χ1v) is 9.25. The highest BCUT2D eigenvalue weighted by Crippen LogP contribution is 2.32. The molecular formula is C20H21N7. The molecule has 4 aromatic rings. The molecule has 1 saturated heterocycles. The highest BCUT2D eigenvalue weighted by molar-refractivity contribution is 6.00. The van der Waals surface area contributed by atoms with Crippen LogP contribution in [0.1, 0.15) is 11.3 Å². The average Bonchev–Trinajstić information content (AvgIpc) is 3.08. The molecule has 5 rings (SSSR count). The molecule has 0 radical (unpaired) electrons. The van der Waals surface area contributed by atoms with Crippen LogP contribution in [0.4, 0.5) is 5.82 Å². The molecule has 1 aliphatic rings. The van der Waals surface area contributed by atoms with Crippen molar-refractivity contribution in [3.63, 3.8) is 0 Å². The fraction of sp³-hybridized carbons (Fsp3) is 0.300. The van der Waals surface area contributed by atoms with Gasteiger partial charge in [0.05, 0.1) is 23.8 Å². The number of aromatic nitrogens is 5. The van der Waals surface area contributed by atoms with Crippen molar-refractivity contribution in [1.29, 1.82) is 0 Å². The number of hydrogen-bond donors (Lipinski definition) is 1. The molecule has 0 amide bonds. The van der Waals surface area contributed by atoms with Gasteiger partial charge in [0.15, 0.2) is 11.5 Å². The van der Waals surface area contributed by atoms with Gasteiger partial charge in [-0.05, 0) is 25.5 Å². The fourth-order valence-corrected chi connectivity index (χ4v) is 3.80. The Morgan fingerprint density at radius 3 is 2.78 bits per heavy atom. The highest BCUT2D eigenvalue weighted by Gasteiger charge is 2.17. The minimum Gasteiger partial charge on any atom is -0.352 e. The number of piperazine rings is 1. The summed E-state index contributed by atoms with van der Waals surface area (Å²) >= 11 is 0. The summed E-state index contributed by atoms with van der Waals surface area (Å²) in [7, 11) is 0. The van der Waals surface area contributed by atoms with Gasteiger partial charge in [-0.2, -0.15) is 10.2 Å². The van der Waals surface area contributed by atoms with Gasteiger partial charge in [0.25, 0.3) is 0 Å². The van der Waals surface area contributed by atoms with Gasteiger partial charge in [-0.25, -0.2) is 9.50 Å². The quantitative estimate of drug-likeness (QED) is 0.592. The Morgan fingerprint density at radius 1 is 1.07 bits per heavy atom. The number of imidazole rings is 1. The lowest BCUT2D eigenvalue weighted by Gasteiger charge is -2.28. The summed E-state index contributed by atoms with van der Waals surface area (Å²) in [5.74, 6) is 0.951. The molecule has 1 fully saturated rings. The first-order valence-electron chi connectivity index (χ1n) is 9.25. The highest BCUT2D eigenvalue weighted by atomic mass is 15.3. The van der Waals surface area contributed by atoms with Crippen LogP contribution in [0.2, 0.25) is 0 Å². The Balaban J connectivity index is 1.70. The average molecular weight is 359 g/mol. The third kappa shape index (κ3) is 2.71. The van der Waals surface area contributed by atoms with Crippen LogP contribution in [-0.2, 0) is 0 Å². The molecule has 3 aromatic heterocycles. The second-order valence-electron chi connectivity index (χ2n) is 7.04. The van der Waals surface area contributed by atoms with Gasteiger partial charge in [0, 0.05) is 42.5 Å². The van der Waals surface area contributed by atoms with Crippen molar-refractivity contribution in [1.82, 2.24) is 30.1 Å². The van der Waals surface area contributed by atoms with E-state index in [0.717, 1.165) is 70.9 Å². The van der Waals surface area contributed by atoms with Crippen LogP contribution < -0.4 is 10.2 Å². The summed E-state index contributed by atoms with van der Waals surface area (Å²) in [5, 5.41) is 19.1. The molecule has 1 aromatic carbocycles. The van der Waals surface area contributed by atoms with Crippen molar-refractivity contribution < 1.29 is 0 Å². The van der Waals surface area contributed by atoms with E-state index in [9.17, 15) is 0 Å². The van der Waals surface area contributed by atoms with Crippen LogP contribution in [0.3, 0.4) is 0 Å². The van der Waals surface area contributed by atoms with Crippen molar-refractivity contribution in [2.24, 2.45) is 0 Å². The molecule has 0 spiro atoms. The van der Waals surface area contributed by atoms with Crippen LogP contribution in [-0.4, -0.2) is 51.0 Å². The third-order valence-corrected chi connectivity index (χ3v) is 5.11. The van der Waals surface area contributed by atoms with E-state index < -0.39 is 0 Å². The lowest BCUT2D eigenvalue weighted by molar-refractivity contribution is 0.584. The molecule has 7 heteroatoms. The van der Waals surface area contributed by atoms with Crippen LogP contribution in [0.15, 0.2) is 36.7 Å². The molecular weight excluding hydrogens is 338 g/mol. The monoisotopic (exact) mass is 359 g/mol. The van der Waals surface area contributed by atoms with Gasteiger partial charge in [-0.1, -0.05) is 18.2 Å². The summed E-state index contributed by atoms with van der Waals surface area (Å²) in [6.07, 6.45) is 3.81. The molecule has 0 atom stereocenters. The molecule has 27 heavy (non-hydrogen) atoms. The standard InChI is InChI=1S/C20H21N7/c1-13-10-18(25-27-12-14(2)23-19(13)27)15-4-3-5-16-17(15)11-22-24-20(16)26-8-6-21-7-9-26/h3-5,10-12,21H,6-9H2,1-2H3. The second-order valence-corrected chi connectivity index (χ2v) is 7.04. The summed E-state index contributed by atoms with van der Waals surface area (Å²) in [6.45, 7) is 7.88. The normalized spacial score (nSPS) is 15.0. The molecule has 0 bridgehead atoms. The number of aryl methyl sites for hydroxylation is 2. The maximum absolute atomic E-state index is 4.80. The molecule has 4 heterocycles. The summed E-state index contributed by atoms with van der Waals surface area (Å²) in [6, 6.07) is 8.40. The molecule has 0 saturated carbocycles. The number of anilines is 1. The Kier molecular flexibility index (Phi) is 3.75. The van der Waals surface area contributed by atoms with Crippen LogP contribution in [0.25, 0.3) is 27.7 Å². The third-order valence-electron chi connectivity index (χ3n) is 5.11. The fourth-order valence-electron chi connectivity index (χ4n) is 3.80. The van der Waals surface area contributed by atoms with Crippen LogP contribution in [0.5, 0.6) is 0 Å². The number of hydrogen-bond acceptors (Lipinski definition) is 6. The molecule has 1 N–H and O–H groups in total. The lowest BCUT2D eigenvalue weighted by atomic mass is 10.0. The Morgan fingerprint density at radius 2 is 1.93 bits per heavy atom. The smallest absolute Gasteiger partial charge is 0.159 e. The first-order chi connectivity index (χ1) is 13.2. The number of nitrogens with one attached hydrogen (secondary N) is 1. The van der Waals surface area contributed by atoms with E-state index in [1.807, 2.05) is 23.8 Å². The Bertz CT molecular complexity index is 1140. The van der Waals surface area contributed by atoms with Gasteiger partial charge in [-0.3, -0.25) is 0 Å². The van der Waals surface area contributed by atoms with Gasteiger partial charge in [-0.15, -0.1) is 5.10 Å². The van der Waals surface area contributed by atoms with Gasteiger partial charge in [0.1, 0.15) is 0 Å². The molecule has 0 aliphatic carbocycles. The van der Waals surface area contributed by atoms with Gasteiger partial charge in [0.2, 0.25) is 0 Å². The maximum Gasteiger partial charge on any atom is 0.159 e. The van der Waals surface area contributed by atoms with E-state index in [0.29, 0.717) is 0 Å². The van der Waals surface area contributed by atoms with E-state index in [1.165, 1.54) is 0 Å². The Hall–Kier alpha value is -3.06. The predicted octanol–water partition coefficient (Wildman–Crippen LogP) is 2.37.